The number of likely N-dealkylation sites (N-methyl/N-ethyl adjacent to an activating group) is 2. The van der Waals surface area contributed by atoms with Gasteiger partial charge in [-0.25, -0.2) is 0 Å². The highest BCUT2D eigenvalue weighted by atomic mass is 19.4. The van der Waals surface area contributed by atoms with Crippen LogP contribution in [0, 0.1) is 5.92 Å². The van der Waals surface area contributed by atoms with Gasteiger partial charge in [-0.1, -0.05) is 24.6 Å². The molecular weight excluding hydrogens is 511 g/mol. The van der Waals surface area contributed by atoms with Crippen LogP contribution in [-0.4, -0.2) is 110 Å². The minimum absolute atomic E-state index is 0.235. The Bertz CT molecular complexity index is 846. The molecule has 220 valence electrons. The Balaban J connectivity index is 0.000000207. The zero-order valence-corrected chi connectivity index (χ0v) is 23.2. The fourth-order valence-corrected chi connectivity index (χ4v) is 4.89. The van der Waals surface area contributed by atoms with Crippen LogP contribution in [0.25, 0.3) is 0 Å². The van der Waals surface area contributed by atoms with Gasteiger partial charge in [0.15, 0.2) is 0 Å². The fraction of sp³-hybridized carbons (Fsp3) is 0.679. The molecule has 0 aromatic rings. The van der Waals surface area contributed by atoms with Gasteiger partial charge in [-0.15, -0.1) is 6.58 Å². The third-order valence-electron chi connectivity index (χ3n) is 7.66. The molecule has 11 heteroatoms. The van der Waals surface area contributed by atoms with Crippen molar-refractivity contribution in [3.8, 4) is 0 Å². The maximum atomic E-state index is 12.3. The molecule has 3 fully saturated rings. The molecule has 8 nitrogen and oxygen atoms in total. The van der Waals surface area contributed by atoms with Crippen LogP contribution >= 0.6 is 0 Å². The number of nitrogens with one attached hydrogen (secondary N) is 1. The minimum atomic E-state index is -4.33. The number of likely N-dealkylation sites (tertiary alicyclic amines) is 2. The van der Waals surface area contributed by atoms with Gasteiger partial charge in [-0.05, 0) is 45.6 Å². The van der Waals surface area contributed by atoms with E-state index in [1.165, 1.54) is 37.3 Å². The first-order valence-electron chi connectivity index (χ1n) is 13.8. The second kappa shape index (κ2) is 16.3. The molecule has 0 spiro atoms. The Hall–Kier alpha value is -2.82. The molecular formula is C28H44F3N5O3. The van der Waals surface area contributed by atoms with E-state index in [1.54, 1.807) is 0 Å². The van der Waals surface area contributed by atoms with Gasteiger partial charge >= 0.3 is 6.18 Å². The number of rotatable bonds is 8. The summed E-state index contributed by atoms with van der Waals surface area (Å²) in [6, 6.07) is 0.385. The van der Waals surface area contributed by atoms with Gasteiger partial charge in [0.2, 0.25) is 18.7 Å². The summed E-state index contributed by atoms with van der Waals surface area (Å²) in [4.78, 5) is 39.6. The molecule has 1 aliphatic carbocycles. The lowest BCUT2D eigenvalue weighted by atomic mass is 9.84. The number of piperidine rings is 1. The van der Waals surface area contributed by atoms with Crippen molar-refractivity contribution < 1.29 is 27.6 Å². The molecule has 3 amide bonds. The molecule has 1 N–H and O–H groups in total. The molecule has 1 unspecified atom stereocenters. The summed E-state index contributed by atoms with van der Waals surface area (Å²) in [7, 11) is 3.65. The molecule has 0 bridgehead atoms. The highest BCUT2D eigenvalue weighted by Gasteiger charge is 2.34. The number of carbonyl (C=O) groups excluding carboxylic acids is 3. The van der Waals surface area contributed by atoms with Crippen LogP contribution in [0.5, 0.6) is 0 Å². The number of carbonyl (C=O) groups is 3. The van der Waals surface area contributed by atoms with E-state index >= 15 is 0 Å². The Morgan fingerprint density at radius 2 is 1.74 bits per heavy atom. The lowest BCUT2D eigenvalue weighted by molar-refractivity contribution is -0.137. The Morgan fingerprint density at radius 1 is 1.10 bits per heavy atom. The van der Waals surface area contributed by atoms with Crippen LogP contribution in [0.1, 0.15) is 44.9 Å². The first kappa shape index (κ1) is 32.4. The van der Waals surface area contributed by atoms with Crippen molar-refractivity contribution in [3.63, 3.8) is 0 Å². The summed E-state index contributed by atoms with van der Waals surface area (Å²) < 4.78 is 36.8. The normalized spacial score (nSPS) is 21.6. The van der Waals surface area contributed by atoms with Crippen LogP contribution in [0.15, 0.2) is 36.6 Å². The zero-order valence-electron chi connectivity index (χ0n) is 23.2. The number of amides is 3. The summed E-state index contributed by atoms with van der Waals surface area (Å²) in [5, 5.41) is 2.42. The maximum Gasteiger partial charge on any atom is 0.417 e. The number of hydrogen-bond donors (Lipinski definition) is 1. The predicted octanol–water partition coefficient (Wildman–Crippen LogP) is 3.18. The third-order valence-corrected chi connectivity index (χ3v) is 7.66. The van der Waals surface area contributed by atoms with Crippen LogP contribution < -0.4 is 5.32 Å². The quantitative estimate of drug-likeness (QED) is 0.368. The highest BCUT2D eigenvalue weighted by molar-refractivity contribution is 5.79. The average molecular weight is 556 g/mol. The van der Waals surface area contributed by atoms with Gasteiger partial charge in [0.25, 0.3) is 0 Å². The third kappa shape index (κ3) is 10.7. The second-order valence-electron chi connectivity index (χ2n) is 10.5. The second-order valence-corrected chi connectivity index (χ2v) is 10.5. The molecule has 1 atom stereocenters. The summed E-state index contributed by atoms with van der Waals surface area (Å²) in [6.07, 6.45) is 10.7. The van der Waals surface area contributed by atoms with Crippen LogP contribution in [0.3, 0.4) is 0 Å². The van der Waals surface area contributed by atoms with Gasteiger partial charge in [0.05, 0.1) is 11.6 Å². The van der Waals surface area contributed by atoms with Crippen LogP contribution in [0.4, 0.5) is 13.2 Å². The number of allylic oxidation sites excluding steroid dienone is 2. The van der Waals surface area contributed by atoms with Crippen molar-refractivity contribution in [2.45, 2.75) is 63.2 Å². The van der Waals surface area contributed by atoms with E-state index in [2.05, 4.69) is 23.8 Å². The molecule has 2 saturated heterocycles. The Morgan fingerprint density at radius 3 is 2.21 bits per heavy atom. The highest BCUT2D eigenvalue weighted by Crippen LogP contribution is 2.30. The first-order chi connectivity index (χ1) is 18.6. The number of nitrogens with zero attached hydrogens (tertiary/aromatic N) is 4. The standard InChI is InChI=1S/C10H18N2O.C9H11F3N2O.C9H15NO/c1-3-6-11(2)10-4-7-12(9-13)8-5-10;1-14-5-7(9(10,11)12)2-3-8(14)4-13-6-15;11-9(8-4-3-5-8)10-6-1-2-7-10/h3,9-10H,1,4-8H2,2H3;2-3,5-6,8H,4H2,1H3,(H,13,15);8H,1-7H2. The van der Waals surface area contributed by atoms with E-state index in [1.807, 2.05) is 15.9 Å². The Kier molecular flexibility index (Phi) is 13.6. The van der Waals surface area contributed by atoms with Crippen molar-refractivity contribution in [2.75, 3.05) is 53.4 Å². The van der Waals surface area contributed by atoms with E-state index in [9.17, 15) is 27.6 Å². The summed E-state index contributed by atoms with van der Waals surface area (Å²) >= 11 is 0. The minimum Gasteiger partial charge on any atom is -0.372 e. The first-order valence-corrected chi connectivity index (χ1v) is 13.8. The van der Waals surface area contributed by atoms with Crippen molar-refractivity contribution in [2.24, 2.45) is 5.92 Å². The molecule has 0 aromatic heterocycles. The number of hydrogen-bond acceptors (Lipinski definition) is 5. The van der Waals surface area contributed by atoms with Crippen molar-refractivity contribution in [1.82, 2.24) is 24.9 Å². The number of halogens is 3. The van der Waals surface area contributed by atoms with Crippen LogP contribution in [-0.2, 0) is 14.4 Å². The van der Waals surface area contributed by atoms with Gasteiger partial charge in [0.1, 0.15) is 0 Å². The van der Waals surface area contributed by atoms with Crippen molar-refractivity contribution in [3.05, 3.63) is 36.6 Å². The molecule has 3 aliphatic heterocycles. The molecule has 3 heterocycles. The van der Waals surface area contributed by atoms with E-state index in [0.29, 0.717) is 24.3 Å². The molecule has 4 aliphatic rings. The van der Waals surface area contributed by atoms with Gasteiger partial charge in [0, 0.05) is 64.5 Å². The fourth-order valence-electron chi connectivity index (χ4n) is 4.89. The van der Waals surface area contributed by atoms with Crippen molar-refractivity contribution in [1.29, 1.82) is 0 Å². The van der Waals surface area contributed by atoms with Crippen LogP contribution in [0.2, 0.25) is 0 Å². The monoisotopic (exact) mass is 555 g/mol. The summed E-state index contributed by atoms with van der Waals surface area (Å²) in [5.74, 6) is 0.849. The molecule has 39 heavy (non-hydrogen) atoms. The maximum absolute atomic E-state index is 12.3. The molecule has 0 aromatic carbocycles. The predicted molar refractivity (Wildman–Crippen MR) is 146 cm³/mol. The summed E-state index contributed by atoms with van der Waals surface area (Å²) in [5.41, 5.74) is -0.688. The largest absolute Gasteiger partial charge is 0.417 e. The van der Waals surface area contributed by atoms with Gasteiger partial charge in [-0.2, -0.15) is 13.2 Å². The Labute approximate surface area is 230 Å². The van der Waals surface area contributed by atoms with E-state index in [-0.39, 0.29) is 12.6 Å². The van der Waals surface area contributed by atoms with E-state index < -0.39 is 11.7 Å². The SMILES string of the molecule is C=CCN(C)C1CCN(C=O)CC1.CN1C=C(C(F)(F)F)C=CC1CNC=O.O=C(C1CCC1)N1CCCC1. The van der Waals surface area contributed by atoms with E-state index in [4.69, 9.17) is 0 Å². The average Bonchev–Trinajstić information content (AvgIpc) is 3.43. The molecule has 1 saturated carbocycles. The lowest BCUT2D eigenvalue weighted by Crippen LogP contribution is -2.42. The smallest absolute Gasteiger partial charge is 0.372 e. The zero-order chi connectivity index (χ0) is 28.8. The van der Waals surface area contributed by atoms with E-state index in [0.717, 1.165) is 77.1 Å². The lowest BCUT2D eigenvalue weighted by Gasteiger charge is -2.34. The number of alkyl halides is 3. The summed E-state index contributed by atoms with van der Waals surface area (Å²) in [6.45, 7) is 8.79. The molecule has 4 rings (SSSR count). The topological polar surface area (TPSA) is 76.2 Å². The van der Waals surface area contributed by atoms with Gasteiger partial charge < -0.3 is 20.0 Å². The van der Waals surface area contributed by atoms with Gasteiger partial charge in [-0.3, -0.25) is 19.3 Å². The van der Waals surface area contributed by atoms with Crippen molar-refractivity contribution >= 4 is 18.7 Å². The molecule has 0 radical (unpaired) electrons.